The van der Waals surface area contributed by atoms with E-state index < -0.39 is 0 Å². The molecule has 0 radical (unpaired) electrons. The van der Waals surface area contributed by atoms with Crippen molar-refractivity contribution in [3.8, 4) is 33.7 Å². The molecule has 0 unspecified atom stereocenters. The van der Waals surface area contributed by atoms with Crippen LogP contribution >= 0.6 is 0 Å². The highest BCUT2D eigenvalue weighted by molar-refractivity contribution is 6.12. The maximum Gasteiger partial charge on any atom is 0.227 e. The van der Waals surface area contributed by atoms with E-state index in [9.17, 15) is 0 Å². The number of anilines is 3. The van der Waals surface area contributed by atoms with Crippen LogP contribution in [-0.4, -0.2) is 4.98 Å². The molecule has 1 aromatic heterocycles. The molecule has 9 rings (SSSR count). The fraction of sp³-hybridized carbons (Fsp3) is 0.0682. The van der Waals surface area contributed by atoms with Crippen LogP contribution in [0.1, 0.15) is 25.0 Å². The molecule has 0 saturated carbocycles. The molecule has 0 saturated heterocycles. The average molecular weight is 605 g/mol. The van der Waals surface area contributed by atoms with E-state index in [-0.39, 0.29) is 5.41 Å². The van der Waals surface area contributed by atoms with Crippen LogP contribution in [-0.2, 0) is 5.41 Å². The summed E-state index contributed by atoms with van der Waals surface area (Å²) in [5.74, 6) is 0.623. The Labute approximate surface area is 274 Å². The third-order valence-electron chi connectivity index (χ3n) is 9.69. The molecule has 1 aliphatic carbocycles. The molecule has 1 heterocycles. The molecule has 3 nitrogen and oxygen atoms in total. The van der Waals surface area contributed by atoms with Crippen molar-refractivity contribution in [2.75, 3.05) is 4.90 Å². The van der Waals surface area contributed by atoms with Crippen molar-refractivity contribution < 1.29 is 4.42 Å². The van der Waals surface area contributed by atoms with Crippen LogP contribution in [0.2, 0.25) is 0 Å². The normalized spacial score (nSPS) is 13.1. The van der Waals surface area contributed by atoms with E-state index in [1.807, 2.05) is 30.3 Å². The van der Waals surface area contributed by atoms with Gasteiger partial charge in [0.25, 0.3) is 0 Å². The number of oxazole rings is 1. The predicted octanol–water partition coefficient (Wildman–Crippen LogP) is 12.1. The maximum absolute atomic E-state index is 6.47. The van der Waals surface area contributed by atoms with E-state index in [1.54, 1.807) is 0 Å². The number of rotatable bonds is 5. The highest BCUT2D eigenvalue weighted by atomic mass is 16.3. The molecule has 0 spiro atoms. The average Bonchev–Trinajstić information content (AvgIpc) is 3.66. The molecule has 0 N–H and O–H groups in total. The summed E-state index contributed by atoms with van der Waals surface area (Å²) in [6.45, 7) is 4.65. The molecule has 0 fully saturated rings. The molecule has 47 heavy (non-hydrogen) atoms. The standard InChI is InChI=1S/C44H32N2O/c1-44(2)38-20-12-11-17-34(38)37-27-33(25-26-39(37)44)46(32-23-21-30(22-24-32)29-13-5-3-6-14-29)41-28-40-42(36-19-10-9-18-35(36)41)47-43(45-40)31-15-7-4-8-16-31/h3-28H,1-2H3. The second-order valence-electron chi connectivity index (χ2n) is 12.8. The summed E-state index contributed by atoms with van der Waals surface area (Å²) < 4.78 is 6.47. The lowest BCUT2D eigenvalue weighted by atomic mass is 9.82. The Morgan fingerprint density at radius 2 is 1.11 bits per heavy atom. The van der Waals surface area contributed by atoms with Crippen molar-refractivity contribution in [2.24, 2.45) is 0 Å². The van der Waals surface area contributed by atoms with Crippen molar-refractivity contribution in [3.63, 3.8) is 0 Å². The minimum Gasteiger partial charge on any atom is -0.435 e. The van der Waals surface area contributed by atoms with Crippen molar-refractivity contribution in [1.82, 2.24) is 4.98 Å². The number of fused-ring (bicyclic) bond motifs is 6. The number of hydrogen-bond acceptors (Lipinski definition) is 3. The Bertz CT molecular complexity index is 2420. The van der Waals surface area contributed by atoms with E-state index in [4.69, 9.17) is 9.40 Å². The lowest BCUT2D eigenvalue weighted by molar-refractivity contribution is 0.623. The van der Waals surface area contributed by atoms with Crippen LogP contribution in [0.25, 0.3) is 55.6 Å². The van der Waals surface area contributed by atoms with Gasteiger partial charge in [-0.05, 0) is 75.8 Å². The second kappa shape index (κ2) is 10.6. The van der Waals surface area contributed by atoms with Crippen molar-refractivity contribution in [1.29, 1.82) is 0 Å². The summed E-state index contributed by atoms with van der Waals surface area (Å²) in [6, 6.07) is 56.0. The molecule has 0 amide bonds. The van der Waals surface area contributed by atoms with Crippen LogP contribution in [0.15, 0.2) is 162 Å². The van der Waals surface area contributed by atoms with Crippen molar-refractivity contribution in [2.45, 2.75) is 19.3 Å². The highest BCUT2D eigenvalue weighted by Gasteiger charge is 2.35. The Kier molecular flexibility index (Phi) is 6.16. The van der Waals surface area contributed by atoms with Crippen LogP contribution in [0.5, 0.6) is 0 Å². The van der Waals surface area contributed by atoms with Gasteiger partial charge >= 0.3 is 0 Å². The monoisotopic (exact) mass is 604 g/mol. The predicted molar refractivity (Wildman–Crippen MR) is 195 cm³/mol. The fourth-order valence-electron chi connectivity index (χ4n) is 7.33. The highest BCUT2D eigenvalue weighted by Crippen LogP contribution is 2.51. The molecule has 0 bridgehead atoms. The summed E-state index contributed by atoms with van der Waals surface area (Å²) in [7, 11) is 0. The topological polar surface area (TPSA) is 29.3 Å². The van der Waals surface area contributed by atoms with Gasteiger partial charge in [-0.2, -0.15) is 0 Å². The Morgan fingerprint density at radius 3 is 1.87 bits per heavy atom. The van der Waals surface area contributed by atoms with Crippen molar-refractivity contribution in [3.05, 3.63) is 169 Å². The van der Waals surface area contributed by atoms with Gasteiger partial charge in [0.05, 0.1) is 5.69 Å². The zero-order valence-corrected chi connectivity index (χ0v) is 26.3. The van der Waals surface area contributed by atoms with E-state index in [0.717, 1.165) is 44.5 Å². The number of hydrogen-bond donors (Lipinski definition) is 0. The molecule has 7 aromatic carbocycles. The lowest BCUT2D eigenvalue weighted by Gasteiger charge is -2.28. The molecular formula is C44H32N2O. The summed E-state index contributed by atoms with van der Waals surface area (Å²) in [6.07, 6.45) is 0. The van der Waals surface area contributed by atoms with Crippen LogP contribution < -0.4 is 4.90 Å². The SMILES string of the molecule is CC1(C)c2ccccc2-c2cc(N(c3ccc(-c4ccccc4)cc3)c3cc4nc(-c5ccccc5)oc4c4ccccc34)ccc21. The first-order valence-corrected chi connectivity index (χ1v) is 16.1. The second-order valence-corrected chi connectivity index (χ2v) is 12.8. The zero-order valence-electron chi connectivity index (χ0n) is 26.3. The first kappa shape index (κ1) is 27.4. The Balaban J connectivity index is 1.28. The first-order chi connectivity index (χ1) is 23.1. The van der Waals surface area contributed by atoms with Gasteiger partial charge in [0.2, 0.25) is 5.89 Å². The molecule has 0 aliphatic heterocycles. The number of benzene rings is 7. The third kappa shape index (κ3) is 4.39. The lowest BCUT2D eigenvalue weighted by Crippen LogP contribution is -2.15. The van der Waals surface area contributed by atoms with E-state index in [1.165, 1.54) is 33.4 Å². The summed E-state index contributed by atoms with van der Waals surface area (Å²) in [5, 5.41) is 2.14. The van der Waals surface area contributed by atoms with Gasteiger partial charge in [-0.15, -0.1) is 0 Å². The summed E-state index contributed by atoms with van der Waals surface area (Å²) in [5.41, 5.74) is 13.4. The maximum atomic E-state index is 6.47. The Morgan fingerprint density at radius 1 is 0.511 bits per heavy atom. The van der Waals surface area contributed by atoms with E-state index in [0.29, 0.717) is 5.89 Å². The van der Waals surface area contributed by atoms with Crippen LogP contribution in [0, 0.1) is 0 Å². The van der Waals surface area contributed by atoms with Crippen LogP contribution in [0.4, 0.5) is 17.1 Å². The summed E-state index contributed by atoms with van der Waals surface area (Å²) >= 11 is 0. The molecule has 224 valence electrons. The minimum absolute atomic E-state index is 0.0627. The molecule has 1 aliphatic rings. The largest absolute Gasteiger partial charge is 0.435 e. The zero-order chi connectivity index (χ0) is 31.5. The Hall–Kier alpha value is -5.93. The van der Waals surface area contributed by atoms with E-state index >= 15 is 0 Å². The van der Waals surface area contributed by atoms with Gasteiger partial charge in [-0.3, -0.25) is 0 Å². The summed E-state index contributed by atoms with van der Waals surface area (Å²) in [4.78, 5) is 7.41. The van der Waals surface area contributed by atoms with E-state index in [2.05, 4.69) is 146 Å². The quantitative estimate of drug-likeness (QED) is 0.196. The smallest absolute Gasteiger partial charge is 0.227 e. The van der Waals surface area contributed by atoms with Gasteiger partial charge < -0.3 is 9.32 Å². The van der Waals surface area contributed by atoms with Gasteiger partial charge in [0, 0.05) is 33.1 Å². The first-order valence-electron chi connectivity index (χ1n) is 16.1. The minimum atomic E-state index is -0.0627. The van der Waals surface area contributed by atoms with Crippen molar-refractivity contribution >= 4 is 38.9 Å². The molecular weight excluding hydrogens is 572 g/mol. The number of aromatic nitrogens is 1. The molecule has 3 heteroatoms. The van der Waals surface area contributed by atoms with Gasteiger partial charge in [0.1, 0.15) is 5.52 Å². The fourth-order valence-corrected chi connectivity index (χ4v) is 7.33. The van der Waals surface area contributed by atoms with Crippen LogP contribution in [0.3, 0.4) is 0 Å². The van der Waals surface area contributed by atoms with Gasteiger partial charge in [-0.25, -0.2) is 4.98 Å². The number of nitrogens with zero attached hydrogens (tertiary/aromatic N) is 2. The third-order valence-corrected chi connectivity index (χ3v) is 9.69. The molecule has 8 aromatic rings. The van der Waals surface area contributed by atoms with Gasteiger partial charge in [0.15, 0.2) is 5.58 Å². The van der Waals surface area contributed by atoms with Gasteiger partial charge in [-0.1, -0.05) is 129 Å². The molecule has 0 atom stereocenters.